The van der Waals surface area contributed by atoms with Gasteiger partial charge >= 0.3 is 5.97 Å². The Morgan fingerprint density at radius 2 is 2.00 bits per heavy atom. The number of ether oxygens (including phenoxy) is 1. The van der Waals surface area contributed by atoms with E-state index in [1.807, 2.05) is 12.1 Å². The molecule has 8 nitrogen and oxygen atoms in total. The van der Waals surface area contributed by atoms with Crippen LogP contribution in [0.2, 0.25) is 0 Å². The number of pyridine rings is 1. The van der Waals surface area contributed by atoms with Gasteiger partial charge in [0.25, 0.3) is 0 Å². The number of H-pyrrole nitrogens is 1. The van der Waals surface area contributed by atoms with Gasteiger partial charge in [-0.25, -0.2) is 19.7 Å². The first-order chi connectivity index (χ1) is 13.2. The van der Waals surface area contributed by atoms with E-state index in [0.29, 0.717) is 28.9 Å². The van der Waals surface area contributed by atoms with Gasteiger partial charge in [0, 0.05) is 44.1 Å². The van der Waals surface area contributed by atoms with Crippen molar-refractivity contribution in [1.82, 2.24) is 24.8 Å². The first-order valence-electron chi connectivity index (χ1n) is 9.06. The number of esters is 1. The number of rotatable bonds is 4. The van der Waals surface area contributed by atoms with Crippen LogP contribution in [0.15, 0.2) is 30.9 Å². The van der Waals surface area contributed by atoms with E-state index in [9.17, 15) is 4.79 Å². The monoisotopic (exact) mass is 366 g/mol. The third-order valence-electron chi connectivity index (χ3n) is 4.81. The normalized spacial score (nSPS) is 15.3. The van der Waals surface area contributed by atoms with E-state index in [0.717, 1.165) is 37.6 Å². The summed E-state index contributed by atoms with van der Waals surface area (Å²) in [4.78, 5) is 33.1. The lowest BCUT2D eigenvalue weighted by atomic mass is 10.1. The maximum atomic E-state index is 12.3. The number of carbonyl (C=O) groups excluding carboxylic acids is 1. The second-order valence-corrected chi connectivity index (χ2v) is 6.56. The predicted octanol–water partition coefficient (Wildman–Crippen LogP) is 1.95. The number of likely N-dealkylation sites (N-methyl/N-ethyl adjacent to an activating group) is 1. The molecule has 140 valence electrons. The summed E-state index contributed by atoms with van der Waals surface area (Å²) in [6.07, 6.45) is 4.90. The first-order valence-corrected chi connectivity index (χ1v) is 9.06. The van der Waals surface area contributed by atoms with Crippen LogP contribution in [0, 0.1) is 0 Å². The molecule has 1 saturated heterocycles. The smallest absolute Gasteiger partial charge is 0.340 e. The van der Waals surface area contributed by atoms with Gasteiger partial charge in [-0.05, 0) is 26.1 Å². The van der Waals surface area contributed by atoms with Gasteiger partial charge in [0.15, 0.2) is 0 Å². The Labute approximate surface area is 157 Å². The number of piperazine rings is 1. The topological polar surface area (TPSA) is 87.2 Å². The molecule has 4 heterocycles. The Bertz CT molecular complexity index is 944. The SMILES string of the molecule is CCOC(=O)c1c[nH]c2ncnc(-c3ccc(N4CCN(C)CC4)nc3)c12. The molecule has 8 heteroatoms. The molecule has 3 aromatic rings. The molecule has 1 fully saturated rings. The zero-order chi connectivity index (χ0) is 18.8. The summed E-state index contributed by atoms with van der Waals surface area (Å²) in [6.45, 7) is 6.09. The Kier molecular flexibility index (Phi) is 4.72. The molecular weight excluding hydrogens is 344 g/mol. The number of aromatic amines is 1. The van der Waals surface area contributed by atoms with Crippen molar-refractivity contribution in [3.8, 4) is 11.3 Å². The Hall–Kier alpha value is -3.00. The van der Waals surface area contributed by atoms with Crippen LogP contribution in [-0.2, 0) is 4.74 Å². The molecule has 1 aliphatic rings. The molecule has 3 aromatic heterocycles. The molecular formula is C19H22N6O2. The first kappa shape index (κ1) is 17.4. The third kappa shape index (κ3) is 3.35. The van der Waals surface area contributed by atoms with E-state index in [4.69, 9.17) is 4.74 Å². The summed E-state index contributed by atoms with van der Waals surface area (Å²) < 4.78 is 5.15. The van der Waals surface area contributed by atoms with E-state index in [2.05, 4.69) is 36.8 Å². The summed E-state index contributed by atoms with van der Waals surface area (Å²) in [5, 5.41) is 0.657. The lowest BCUT2D eigenvalue weighted by Crippen LogP contribution is -2.44. The minimum Gasteiger partial charge on any atom is -0.462 e. The summed E-state index contributed by atoms with van der Waals surface area (Å²) in [6, 6.07) is 4.00. The average Bonchev–Trinajstić information content (AvgIpc) is 3.13. The largest absolute Gasteiger partial charge is 0.462 e. The molecule has 0 saturated carbocycles. The number of fused-ring (bicyclic) bond motifs is 1. The highest BCUT2D eigenvalue weighted by Gasteiger charge is 2.20. The van der Waals surface area contributed by atoms with Crippen LogP contribution in [0.25, 0.3) is 22.3 Å². The lowest BCUT2D eigenvalue weighted by Gasteiger charge is -2.33. The Morgan fingerprint density at radius 3 is 2.70 bits per heavy atom. The van der Waals surface area contributed by atoms with E-state index >= 15 is 0 Å². The van der Waals surface area contributed by atoms with Crippen molar-refractivity contribution < 1.29 is 9.53 Å². The Balaban J connectivity index is 1.68. The molecule has 0 aliphatic carbocycles. The van der Waals surface area contributed by atoms with Gasteiger partial charge in [0.1, 0.15) is 17.8 Å². The summed E-state index contributed by atoms with van der Waals surface area (Å²) in [7, 11) is 2.13. The van der Waals surface area contributed by atoms with Crippen LogP contribution in [0.5, 0.6) is 0 Å². The predicted molar refractivity (Wildman–Crippen MR) is 103 cm³/mol. The fraction of sp³-hybridized carbons (Fsp3) is 0.368. The summed E-state index contributed by atoms with van der Waals surface area (Å²) >= 11 is 0. The fourth-order valence-electron chi connectivity index (χ4n) is 3.30. The van der Waals surface area contributed by atoms with Gasteiger partial charge in [-0.15, -0.1) is 0 Å². The van der Waals surface area contributed by atoms with Crippen molar-refractivity contribution in [2.45, 2.75) is 6.92 Å². The second kappa shape index (κ2) is 7.32. The number of hydrogen-bond donors (Lipinski definition) is 1. The summed E-state index contributed by atoms with van der Waals surface area (Å²) in [5.41, 5.74) is 2.55. The van der Waals surface area contributed by atoms with E-state index in [1.54, 1.807) is 19.3 Å². The van der Waals surface area contributed by atoms with Crippen molar-refractivity contribution in [2.24, 2.45) is 0 Å². The maximum Gasteiger partial charge on any atom is 0.340 e. The number of aromatic nitrogens is 4. The zero-order valence-corrected chi connectivity index (χ0v) is 15.5. The van der Waals surface area contributed by atoms with Crippen LogP contribution in [0.1, 0.15) is 17.3 Å². The molecule has 0 radical (unpaired) electrons. The molecule has 0 unspecified atom stereocenters. The number of hydrogen-bond acceptors (Lipinski definition) is 7. The molecule has 27 heavy (non-hydrogen) atoms. The molecule has 0 amide bonds. The van der Waals surface area contributed by atoms with Gasteiger partial charge in [-0.3, -0.25) is 0 Å². The number of nitrogens with zero attached hydrogens (tertiary/aromatic N) is 5. The minimum atomic E-state index is -0.387. The van der Waals surface area contributed by atoms with Gasteiger partial charge in [-0.1, -0.05) is 0 Å². The molecule has 0 spiro atoms. The van der Waals surface area contributed by atoms with Gasteiger partial charge in [-0.2, -0.15) is 0 Å². The average molecular weight is 366 g/mol. The van der Waals surface area contributed by atoms with Crippen LogP contribution >= 0.6 is 0 Å². The highest BCUT2D eigenvalue weighted by molar-refractivity contribution is 6.08. The number of anilines is 1. The molecule has 0 atom stereocenters. The molecule has 4 rings (SSSR count). The highest BCUT2D eigenvalue weighted by atomic mass is 16.5. The highest BCUT2D eigenvalue weighted by Crippen LogP contribution is 2.29. The van der Waals surface area contributed by atoms with E-state index in [1.165, 1.54) is 6.33 Å². The van der Waals surface area contributed by atoms with Crippen molar-refractivity contribution in [3.63, 3.8) is 0 Å². The second-order valence-electron chi connectivity index (χ2n) is 6.56. The van der Waals surface area contributed by atoms with Crippen LogP contribution in [0.4, 0.5) is 5.82 Å². The lowest BCUT2D eigenvalue weighted by molar-refractivity contribution is 0.0528. The van der Waals surface area contributed by atoms with Gasteiger partial charge in [0.2, 0.25) is 0 Å². The molecule has 1 aliphatic heterocycles. The number of nitrogens with one attached hydrogen (secondary N) is 1. The quantitative estimate of drug-likeness (QED) is 0.706. The fourth-order valence-corrected chi connectivity index (χ4v) is 3.30. The Morgan fingerprint density at radius 1 is 1.19 bits per heavy atom. The van der Waals surface area contributed by atoms with Crippen molar-refractivity contribution in [2.75, 3.05) is 44.7 Å². The van der Waals surface area contributed by atoms with Crippen molar-refractivity contribution in [3.05, 3.63) is 36.4 Å². The molecule has 1 N–H and O–H groups in total. The maximum absolute atomic E-state index is 12.3. The third-order valence-corrected chi connectivity index (χ3v) is 4.81. The zero-order valence-electron chi connectivity index (χ0n) is 15.5. The molecule has 0 bridgehead atoms. The standard InChI is InChI=1S/C19H22N6O2/c1-3-27-19(26)14-11-21-18-16(14)17(22-12-23-18)13-4-5-15(20-10-13)25-8-6-24(2)7-9-25/h4-5,10-12H,3,6-9H2,1-2H3,(H,21,22,23). The van der Waals surface area contributed by atoms with E-state index in [-0.39, 0.29) is 5.97 Å². The number of carbonyl (C=O) groups is 1. The van der Waals surface area contributed by atoms with E-state index < -0.39 is 0 Å². The van der Waals surface area contributed by atoms with Gasteiger partial charge in [0.05, 0.1) is 23.3 Å². The molecule has 0 aromatic carbocycles. The van der Waals surface area contributed by atoms with Crippen molar-refractivity contribution in [1.29, 1.82) is 0 Å². The summed E-state index contributed by atoms with van der Waals surface area (Å²) in [5.74, 6) is 0.568. The van der Waals surface area contributed by atoms with Crippen LogP contribution < -0.4 is 4.90 Å². The van der Waals surface area contributed by atoms with Gasteiger partial charge < -0.3 is 19.5 Å². The van der Waals surface area contributed by atoms with Crippen LogP contribution in [-0.4, -0.2) is 70.6 Å². The van der Waals surface area contributed by atoms with Crippen LogP contribution in [0.3, 0.4) is 0 Å². The minimum absolute atomic E-state index is 0.315. The van der Waals surface area contributed by atoms with Crippen molar-refractivity contribution >= 4 is 22.8 Å².